The van der Waals surface area contributed by atoms with Crippen LogP contribution in [0, 0.1) is 12.7 Å². The molecular formula is C27H27F3N4O4. The van der Waals surface area contributed by atoms with Crippen LogP contribution in [0.15, 0.2) is 41.0 Å². The second-order valence-electron chi connectivity index (χ2n) is 9.48. The fourth-order valence-corrected chi connectivity index (χ4v) is 4.83. The predicted octanol–water partition coefficient (Wildman–Crippen LogP) is 5.08. The lowest BCUT2D eigenvalue weighted by Gasteiger charge is -2.21. The first-order chi connectivity index (χ1) is 18.1. The topological polar surface area (TPSA) is 101 Å². The van der Waals surface area contributed by atoms with E-state index in [0.29, 0.717) is 58.8 Å². The van der Waals surface area contributed by atoms with Gasteiger partial charge in [-0.15, -0.1) is 0 Å². The van der Waals surface area contributed by atoms with Gasteiger partial charge in [-0.3, -0.25) is 4.79 Å². The lowest BCUT2D eigenvalue weighted by molar-refractivity contribution is -0.128. The number of nitrogens with one attached hydrogen (secondary N) is 1. The number of rotatable bonds is 7. The average molecular weight is 529 g/mol. The molecule has 2 aromatic heterocycles. The molecule has 2 aromatic carbocycles. The van der Waals surface area contributed by atoms with Crippen LogP contribution in [-0.2, 0) is 10.7 Å². The molecule has 0 spiro atoms. The summed E-state index contributed by atoms with van der Waals surface area (Å²) in [7, 11) is 0. The van der Waals surface area contributed by atoms with Crippen molar-refractivity contribution in [3.05, 3.63) is 59.4 Å². The summed E-state index contributed by atoms with van der Waals surface area (Å²) in [6.45, 7) is 4.41. The van der Waals surface area contributed by atoms with Crippen molar-refractivity contribution in [3.63, 3.8) is 0 Å². The van der Waals surface area contributed by atoms with Crippen LogP contribution in [0.25, 0.3) is 21.9 Å². The number of ether oxygens (including phenoxy) is 1. The summed E-state index contributed by atoms with van der Waals surface area (Å²) in [5.74, 6) is -3.57. The number of aliphatic hydroxyl groups excluding tert-OH is 1. The summed E-state index contributed by atoms with van der Waals surface area (Å²) in [6, 6.07) is 6.43. The van der Waals surface area contributed by atoms with Gasteiger partial charge in [0.15, 0.2) is 11.3 Å². The largest absolute Gasteiger partial charge is 0.485 e. The van der Waals surface area contributed by atoms with Gasteiger partial charge in [0.1, 0.15) is 30.2 Å². The Morgan fingerprint density at radius 3 is 2.82 bits per heavy atom. The SMILES string of the molecule is CC(=O)N1CC[C@H](Oc2cc3c(N[C@H](C)c4cccc(C(F)(F)CO)c4F)nc(C)nc3c3ccoc23)C1. The average Bonchev–Trinajstić information content (AvgIpc) is 3.55. The fourth-order valence-electron chi connectivity index (χ4n) is 4.83. The highest BCUT2D eigenvalue weighted by Crippen LogP contribution is 2.39. The van der Waals surface area contributed by atoms with Crippen LogP contribution < -0.4 is 10.1 Å². The molecule has 1 fully saturated rings. The molecule has 38 heavy (non-hydrogen) atoms. The van der Waals surface area contributed by atoms with E-state index >= 15 is 4.39 Å². The molecule has 0 radical (unpaired) electrons. The zero-order valence-corrected chi connectivity index (χ0v) is 21.1. The Bertz CT molecular complexity index is 1520. The molecule has 1 saturated heterocycles. The van der Waals surface area contributed by atoms with E-state index < -0.39 is 30.0 Å². The molecule has 1 amide bonds. The predicted molar refractivity (Wildman–Crippen MR) is 135 cm³/mol. The van der Waals surface area contributed by atoms with Crippen LogP contribution in [0.1, 0.15) is 43.3 Å². The number of anilines is 1. The summed E-state index contributed by atoms with van der Waals surface area (Å²) in [5.41, 5.74) is 0.208. The van der Waals surface area contributed by atoms with Crippen LogP contribution in [0.4, 0.5) is 19.0 Å². The highest BCUT2D eigenvalue weighted by Gasteiger charge is 2.35. The minimum Gasteiger partial charge on any atom is -0.485 e. The molecular weight excluding hydrogens is 501 g/mol. The summed E-state index contributed by atoms with van der Waals surface area (Å²) in [6.07, 6.45) is 1.97. The smallest absolute Gasteiger partial charge is 0.298 e. The summed E-state index contributed by atoms with van der Waals surface area (Å²) >= 11 is 0. The number of hydrogen-bond acceptors (Lipinski definition) is 7. The first kappa shape index (κ1) is 25.8. The first-order valence-corrected chi connectivity index (χ1v) is 12.2. The van der Waals surface area contributed by atoms with Crippen LogP contribution >= 0.6 is 0 Å². The van der Waals surface area contributed by atoms with Gasteiger partial charge < -0.3 is 24.5 Å². The monoisotopic (exact) mass is 528 g/mol. The highest BCUT2D eigenvalue weighted by molar-refractivity contribution is 6.09. The number of likely N-dealkylation sites (tertiary alicyclic amines) is 1. The number of alkyl halides is 2. The van der Waals surface area contributed by atoms with Gasteiger partial charge in [-0.05, 0) is 32.0 Å². The Balaban J connectivity index is 1.54. The lowest BCUT2D eigenvalue weighted by Crippen LogP contribution is -2.28. The number of amides is 1. The molecule has 0 aliphatic carbocycles. The van der Waals surface area contributed by atoms with Crippen molar-refractivity contribution in [2.75, 3.05) is 25.0 Å². The number of furan rings is 1. The molecule has 8 nitrogen and oxygen atoms in total. The van der Waals surface area contributed by atoms with E-state index in [1.165, 1.54) is 25.3 Å². The van der Waals surface area contributed by atoms with Gasteiger partial charge in [-0.2, -0.15) is 8.78 Å². The molecule has 11 heteroatoms. The minimum absolute atomic E-state index is 0.00353. The van der Waals surface area contributed by atoms with Crippen LogP contribution in [-0.4, -0.2) is 51.7 Å². The molecule has 5 rings (SSSR count). The van der Waals surface area contributed by atoms with Crippen molar-refractivity contribution in [1.29, 1.82) is 0 Å². The van der Waals surface area contributed by atoms with Crippen molar-refractivity contribution in [3.8, 4) is 5.75 Å². The maximum atomic E-state index is 15.1. The van der Waals surface area contributed by atoms with Crippen molar-refractivity contribution in [1.82, 2.24) is 14.9 Å². The van der Waals surface area contributed by atoms with Gasteiger partial charge in [0.25, 0.3) is 5.92 Å². The summed E-state index contributed by atoms with van der Waals surface area (Å²) in [5, 5.41) is 13.4. The molecule has 200 valence electrons. The third-order valence-corrected chi connectivity index (χ3v) is 6.80. The first-order valence-electron chi connectivity index (χ1n) is 12.2. The minimum atomic E-state index is -3.71. The zero-order chi connectivity index (χ0) is 27.2. The third kappa shape index (κ3) is 4.62. The molecule has 0 bridgehead atoms. The van der Waals surface area contributed by atoms with Crippen molar-refractivity contribution < 1.29 is 32.2 Å². The zero-order valence-electron chi connectivity index (χ0n) is 21.1. The molecule has 4 aromatic rings. The van der Waals surface area contributed by atoms with Gasteiger partial charge in [0.05, 0.1) is 35.3 Å². The van der Waals surface area contributed by atoms with E-state index in [9.17, 15) is 13.6 Å². The van der Waals surface area contributed by atoms with Crippen molar-refractivity contribution in [2.24, 2.45) is 0 Å². The van der Waals surface area contributed by atoms with E-state index in [1.54, 1.807) is 30.9 Å². The van der Waals surface area contributed by atoms with Gasteiger partial charge in [-0.25, -0.2) is 14.4 Å². The van der Waals surface area contributed by atoms with E-state index in [-0.39, 0.29) is 17.6 Å². The van der Waals surface area contributed by atoms with Gasteiger partial charge in [0, 0.05) is 30.8 Å². The Labute approximate surface area is 216 Å². The Hall–Kier alpha value is -3.86. The van der Waals surface area contributed by atoms with Gasteiger partial charge in [0.2, 0.25) is 5.91 Å². The van der Waals surface area contributed by atoms with E-state index in [0.717, 1.165) is 6.07 Å². The third-order valence-electron chi connectivity index (χ3n) is 6.80. The maximum absolute atomic E-state index is 15.1. The number of benzene rings is 2. The normalized spacial score (nSPS) is 16.8. The molecule has 2 atom stereocenters. The number of carbonyl (C=O) groups is 1. The number of aromatic nitrogens is 2. The Kier molecular flexibility index (Phi) is 6.64. The summed E-state index contributed by atoms with van der Waals surface area (Å²) < 4.78 is 55.3. The van der Waals surface area contributed by atoms with Crippen molar-refractivity contribution in [2.45, 2.75) is 45.3 Å². The van der Waals surface area contributed by atoms with Crippen molar-refractivity contribution >= 4 is 33.6 Å². The number of aliphatic hydroxyl groups is 1. The highest BCUT2D eigenvalue weighted by atomic mass is 19.3. The standard InChI is InChI=1S/C27H27F3N4O4/c1-14(18-5-4-6-21(23(18)28)27(29,30)13-35)31-26-20-11-22(38-17-7-9-34(12-17)16(3)36)25-19(8-10-37-25)24(20)32-15(2)33-26/h4-6,8,10-11,14,17,35H,7,9,12-13H2,1-3H3,(H,31,32,33)/t14-,17+/m1/s1. The maximum Gasteiger partial charge on any atom is 0.298 e. The quantitative estimate of drug-likeness (QED) is 0.345. The number of nitrogens with zero attached hydrogens (tertiary/aromatic N) is 3. The molecule has 0 saturated carbocycles. The Morgan fingerprint density at radius 1 is 1.32 bits per heavy atom. The lowest BCUT2D eigenvalue weighted by atomic mass is 10.00. The molecule has 1 aliphatic heterocycles. The van der Waals surface area contributed by atoms with E-state index in [1.807, 2.05) is 0 Å². The van der Waals surface area contributed by atoms with Gasteiger partial charge >= 0.3 is 0 Å². The molecule has 3 heterocycles. The molecule has 1 aliphatic rings. The molecule has 2 N–H and O–H groups in total. The van der Waals surface area contributed by atoms with Crippen LogP contribution in [0.3, 0.4) is 0 Å². The number of carbonyl (C=O) groups excluding carboxylic acids is 1. The molecule has 0 unspecified atom stereocenters. The Morgan fingerprint density at radius 2 is 2.11 bits per heavy atom. The fraction of sp³-hybridized carbons (Fsp3) is 0.370. The number of hydrogen-bond donors (Lipinski definition) is 2. The second kappa shape index (κ2) is 9.79. The number of halogens is 3. The van der Waals surface area contributed by atoms with Crippen LogP contribution in [0.5, 0.6) is 5.75 Å². The van der Waals surface area contributed by atoms with Crippen LogP contribution in [0.2, 0.25) is 0 Å². The number of fused-ring (bicyclic) bond motifs is 3. The van der Waals surface area contributed by atoms with E-state index in [2.05, 4.69) is 15.3 Å². The second-order valence-corrected chi connectivity index (χ2v) is 9.48. The van der Waals surface area contributed by atoms with E-state index in [4.69, 9.17) is 14.3 Å². The summed E-state index contributed by atoms with van der Waals surface area (Å²) in [4.78, 5) is 22.6. The number of aryl methyl sites for hydroxylation is 1. The van der Waals surface area contributed by atoms with Gasteiger partial charge in [-0.1, -0.05) is 12.1 Å².